The van der Waals surface area contributed by atoms with E-state index in [4.69, 9.17) is 4.98 Å². The van der Waals surface area contributed by atoms with Gasteiger partial charge in [-0.1, -0.05) is 51.1 Å². The largest absolute Gasteiger partial charge is 0.333 e. The quantitative estimate of drug-likeness (QED) is 0.181. The smallest absolute Gasteiger partial charge is 0.0957 e. The number of nitrogens with zero attached hydrogens (tertiary/aromatic N) is 4. The fraction of sp³-hybridized carbons (Fsp3) is 0.121. The van der Waals surface area contributed by atoms with Crippen LogP contribution in [0, 0.1) is 12.1 Å². The maximum atomic E-state index is 4.85. The van der Waals surface area contributed by atoms with Gasteiger partial charge in [-0.15, -0.1) is 71.8 Å². The van der Waals surface area contributed by atoms with Gasteiger partial charge in [-0.05, 0) is 30.0 Å². The van der Waals surface area contributed by atoms with Crippen LogP contribution in [0.15, 0.2) is 116 Å². The summed E-state index contributed by atoms with van der Waals surface area (Å²) in [6, 6.07) is 40.5. The molecule has 0 spiro atoms. The van der Waals surface area contributed by atoms with E-state index in [-0.39, 0.29) is 25.5 Å². The van der Waals surface area contributed by atoms with Gasteiger partial charge in [0.25, 0.3) is 0 Å². The van der Waals surface area contributed by atoms with Crippen molar-refractivity contribution in [1.82, 2.24) is 19.5 Å². The van der Waals surface area contributed by atoms with Gasteiger partial charge in [0.15, 0.2) is 0 Å². The van der Waals surface area contributed by atoms with Gasteiger partial charge in [-0.3, -0.25) is 9.97 Å². The Morgan fingerprint density at radius 1 is 0.711 bits per heavy atom. The monoisotopic (exact) mass is 673 g/mol. The molecule has 3 heterocycles. The first-order chi connectivity index (χ1) is 18.0. The van der Waals surface area contributed by atoms with Crippen LogP contribution < -0.4 is 0 Å². The van der Waals surface area contributed by atoms with E-state index in [9.17, 15) is 0 Å². The Labute approximate surface area is 237 Å². The second kappa shape index (κ2) is 12.1. The molecule has 6 rings (SSSR count). The van der Waals surface area contributed by atoms with E-state index < -0.39 is 0 Å². The zero-order valence-electron chi connectivity index (χ0n) is 21.6. The number of benzene rings is 3. The molecule has 0 saturated carbocycles. The van der Waals surface area contributed by atoms with Crippen LogP contribution in [0.5, 0.6) is 0 Å². The molecule has 0 fully saturated rings. The van der Waals surface area contributed by atoms with Crippen LogP contribution in [0.4, 0.5) is 0 Å². The maximum Gasteiger partial charge on any atom is 0.0957 e. The molecule has 3 aromatic carbocycles. The first kappa shape index (κ1) is 27.1. The van der Waals surface area contributed by atoms with E-state index in [2.05, 4.69) is 65.6 Å². The molecule has 0 aliphatic heterocycles. The van der Waals surface area contributed by atoms with Crippen LogP contribution in [0.3, 0.4) is 0 Å². The Bertz CT molecular complexity index is 1540. The molecule has 0 aliphatic carbocycles. The van der Waals surface area contributed by atoms with Crippen molar-refractivity contribution in [2.75, 3.05) is 0 Å². The van der Waals surface area contributed by atoms with Crippen molar-refractivity contribution in [3.63, 3.8) is 0 Å². The van der Waals surface area contributed by atoms with Crippen LogP contribution in [-0.4, -0.2) is 19.5 Å². The van der Waals surface area contributed by atoms with Crippen molar-refractivity contribution in [1.29, 1.82) is 0 Å². The van der Waals surface area contributed by atoms with Crippen molar-refractivity contribution in [2.24, 2.45) is 0 Å². The fourth-order valence-electron chi connectivity index (χ4n) is 4.02. The average Bonchev–Trinajstić information content (AvgIpc) is 3.34. The van der Waals surface area contributed by atoms with Crippen LogP contribution in [0.1, 0.15) is 26.5 Å². The van der Waals surface area contributed by atoms with Crippen molar-refractivity contribution in [3.8, 4) is 28.3 Å². The second-order valence-electron chi connectivity index (χ2n) is 9.68. The molecule has 0 bridgehead atoms. The Morgan fingerprint density at radius 2 is 1.37 bits per heavy atom. The van der Waals surface area contributed by atoms with E-state index >= 15 is 0 Å². The van der Waals surface area contributed by atoms with Gasteiger partial charge < -0.3 is 9.55 Å². The third kappa shape index (κ3) is 6.13. The molecule has 38 heavy (non-hydrogen) atoms. The minimum atomic E-state index is -0.0149. The number of fused-ring (bicyclic) bond motifs is 1. The molecule has 0 unspecified atom stereocenters. The Kier molecular flexibility index (Phi) is 8.62. The number of hydrogen-bond acceptors (Lipinski definition) is 3. The molecule has 0 amide bonds. The third-order valence-corrected chi connectivity index (χ3v) is 5.92. The predicted octanol–water partition coefficient (Wildman–Crippen LogP) is 7.73. The normalized spacial score (nSPS) is 10.8. The number of imidazole rings is 1. The van der Waals surface area contributed by atoms with Gasteiger partial charge >= 0.3 is 0 Å². The standard InChI is InChI=1S/C22H20N3.C11H8N.Ir/c1-22(2,3)20-14-19-18(15-23-20)24-21(16-10-6-4-7-11-16)25(19)17-12-8-5-9-13-17;1-2-6-10(7-3-1)11-8-4-5-9-12-11;/h4-10,12-15H,1-3H3;1-6,8-9H;/q2*-1;. The molecule has 5 heteroatoms. The minimum absolute atomic E-state index is 0. The Morgan fingerprint density at radius 3 is 1.97 bits per heavy atom. The van der Waals surface area contributed by atoms with Crippen LogP contribution in [0.2, 0.25) is 0 Å². The molecule has 0 aliphatic rings. The maximum absolute atomic E-state index is 4.85. The van der Waals surface area contributed by atoms with E-state index in [0.717, 1.165) is 45.1 Å². The van der Waals surface area contributed by atoms with Gasteiger partial charge in [0.05, 0.1) is 23.1 Å². The van der Waals surface area contributed by atoms with E-state index in [1.54, 1.807) is 6.20 Å². The van der Waals surface area contributed by atoms with Crippen molar-refractivity contribution in [3.05, 3.63) is 133 Å². The van der Waals surface area contributed by atoms with Gasteiger partial charge in [0.2, 0.25) is 0 Å². The number of pyridine rings is 2. The van der Waals surface area contributed by atoms with E-state index in [1.807, 2.05) is 91.1 Å². The molecule has 6 aromatic rings. The molecular weight excluding hydrogens is 645 g/mol. The summed E-state index contributed by atoms with van der Waals surface area (Å²) in [5.74, 6) is 0.884. The van der Waals surface area contributed by atoms with Gasteiger partial charge in [0.1, 0.15) is 0 Å². The topological polar surface area (TPSA) is 43.6 Å². The molecule has 191 valence electrons. The molecule has 0 N–H and O–H groups in total. The number of aromatic nitrogens is 4. The summed E-state index contributed by atoms with van der Waals surface area (Å²) in [7, 11) is 0. The summed E-state index contributed by atoms with van der Waals surface area (Å²) in [6.07, 6.45) is 3.66. The summed E-state index contributed by atoms with van der Waals surface area (Å²) < 4.78 is 2.19. The summed E-state index contributed by atoms with van der Waals surface area (Å²) in [5, 5.41) is 0. The van der Waals surface area contributed by atoms with Crippen molar-refractivity contribution >= 4 is 11.0 Å². The zero-order chi connectivity index (χ0) is 25.7. The molecule has 4 nitrogen and oxygen atoms in total. The van der Waals surface area contributed by atoms with Gasteiger partial charge in [0, 0.05) is 43.1 Å². The summed E-state index contributed by atoms with van der Waals surface area (Å²) in [5.41, 5.74) is 7.07. The molecule has 0 saturated heterocycles. The van der Waals surface area contributed by atoms with E-state index in [1.165, 1.54) is 0 Å². The Balaban J connectivity index is 0.000000218. The zero-order valence-corrected chi connectivity index (χ0v) is 24.0. The van der Waals surface area contributed by atoms with E-state index in [0.29, 0.717) is 0 Å². The number of rotatable bonds is 3. The fourth-order valence-corrected chi connectivity index (χ4v) is 4.02. The van der Waals surface area contributed by atoms with Crippen LogP contribution in [0.25, 0.3) is 39.4 Å². The van der Waals surface area contributed by atoms with Crippen molar-refractivity contribution < 1.29 is 20.1 Å². The first-order valence-corrected chi connectivity index (χ1v) is 12.3. The van der Waals surface area contributed by atoms with Gasteiger partial charge in [-0.25, -0.2) is 0 Å². The predicted molar refractivity (Wildman–Crippen MR) is 150 cm³/mol. The molecule has 3 aromatic heterocycles. The van der Waals surface area contributed by atoms with Gasteiger partial charge in [-0.2, -0.15) is 0 Å². The van der Waals surface area contributed by atoms with Crippen LogP contribution in [-0.2, 0) is 25.5 Å². The molecule has 0 atom stereocenters. The summed E-state index contributed by atoms with van der Waals surface area (Å²) in [6.45, 7) is 6.53. The van der Waals surface area contributed by atoms with Crippen LogP contribution >= 0.6 is 0 Å². The summed E-state index contributed by atoms with van der Waals surface area (Å²) in [4.78, 5) is 13.7. The third-order valence-electron chi connectivity index (χ3n) is 5.92. The molecular formula is C33H28IrN4-2. The average molecular weight is 673 g/mol. The first-order valence-electron chi connectivity index (χ1n) is 12.3. The van der Waals surface area contributed by atoms with Crippen molar-refractivity contribution in [2.45, 2.75) is 26.2 Å². The summed E-state index contributed by atoms with van der Waals surface area (Å²) >= 11 is 0. The number of hydrogen-bond donors (Lipinski definition) is 0. The number of para-hydroxylation sites is 1. The second-order valence-corrected chi connectivity index (χ2v) is 9.68. The Hall–Kier alpha value is -3.92. The molecule has 1 radical (unpaired) electrons. The minimum Gasteiger partial charge on any atom is -0.333 e. The SMILES string of the molecule is CC(C)(C)c1cc2c(cn1)nc(-c1[c-]cccc1)n2-c1ccccc1.[Ir].[c-]1ccccc1-c1ccccn1.